The molecule has 1 aromatic rings. The molecular weight excluding hydrogens is 301 g/mol. The second-order valence-corrected chi connectivity index (χ2v) is 7.08. The van der Waals surface area contributed by atoms with E-state index in [4.69, 9.17) is 20.5 Å². The van der Waals surface area contributed by atoms with E-state index in [1.807, 2.05) is 13.0 Å². The second kappa shape index (κ2) is 8.30. The Labute approximate surface area is 123 Å². The Morgan fingerprint density at radius 1 is 1.40 bits per heavy atom. The zero-order valence-corrected chi connectivity index (χ0v) is 13.2. The van der Waals surface area contributed by atoms with Gasteiger partial charge in [0, 0.05) is 23.7 Å². The zero-order valence-electron chi connectivity index (χ0n) is 11.5. The highest BCUT2D eigenvalue weighted by molar-refractivity contribution is 7.84. The van der Waals surface area contributed by atoms with Crippen LogP contribution in [0.5, 0.6) is 5.75 Å². The van der Waals surface area contributed by atoms with Gasteiger partial charge in [0.05, 0.1) is 0 Å². The summed E-state index contributed by atoms with van der Waals surface area (Å²) in [5.41, 5.74) is 0. The minimum Gasteiger partial charge on any atom is -0.464 e. The Bertz CT molecular complexity index is 469. The number of carbonyl (C=O) groups is 1. The van der Waals surface area contributed by atoms with Crippen LogP contribution in [0.2, 0.25) is 0 Å². The maximum absolute atomic E-state index is 12.1. The topological polar surface area (TPSA) is 64.6 Å². The summed E-state index contributed by atoms with van der Waals surface area (Å²) in [6, 6.07) is 8.26. The number of hydrogen-bond acceptors (Lipinski definition) is 4. The first-order valence-electron chi connectivity index (χ1n) is 6.40. The molecule has 0 aliphatic carbocycles. The van der Waals surface area contributed by atoms with Gasteiger partial charge in [-0.15, -0.1) is 0 Å². The third-order valence-corrected chi connectivity index (χ3v) is 3.98. The first-order chi connectivity index (χ1) is 9.43. The van der Waals surface area contributed by atoms with Gasteiger partial charge in [-0.3, -0.25) is 4.79 Å². The number of nitrogens with one attached hydrogen (secondary N) is 1. The van der Waals surface area contributed by atoms with Crippen LogP contribution >= 0.6 is 18.1 Å². The van der Waals surface area contributed by atoms with E-state index in [1.54, 1.807) is 31.2 Å². The number of benzene rings is 1. The summed E-state index contributed by atoms with van der Waals surface area (Å²) in [5, 5.41) is 2.62. The van der Waals surface area contributed by atoms with Crippen molar-refractivity contribution >= 4 is 24.1 Å². The fourth-order valence-corrected chi connectivity index (χ4v) is 3.22. The Kier molecular flexibility index (Phi) is 7.06. The van der Waals surface area contributed by atoms with Gasteiger partial charge in [0.2, 0.25) is 0 Å². The Balaban J connectivity index is 2.41. The SMILES string of the molecule is CCCC(=O)OC[C@H](C)NP(=O)(Cl)Oc1ccccc1. The smallest absolute Gasteiger partial charge is 0.409 e. The molecular formula is C13H19ClNO4P. The number of esters is 1. The largest absolute Gasteiger partial charge is 0.464 e. The number of ether oxygens (including phenoxy) is 1. The van der Waals surface area contributed by atoms with E-state index in [1.165, 1.54) is 0 Å². The van der Waals surface area contributed by atoms with Gasteiger partial charge in [0.1, 0.15) is 12.4 Å². The molecule has 1 unspecified atom stereocenters. The summed E-state index contributed by atoms with van der Waals surface area (Å²) in [5.74, 6) is 0.128. The van der Waals surface area contributed by atoms with E-state index in [2.05, 4.69) is 5.09 Å². The van der Waals surface area contributed by atoms with Gasteiger partial charge in [-0.05, 0) is 25.5 Å². The molecule has 0 radical (unpaired) electrons. The van der Waals surface area contributed by atoms with Crippen LogP contribution in [0.15, 0.2) is 30.3 Å². The highest BCUT2D eigenvalue weighted by Crippen LogP contribution is 2.48. The molecule has 0 aliphatic heterocycles. The number of hydrogen-bond donors (Lipinski definition) is 1. The van der Waals surface area contributed by atoms with Gasteiger partial charge in [0.25, 0.3) is 0 Å². The summed E-state index contributed by atoms with van der Waals surface area (Å²) < 4.78 is 22.3. The number of halogens is 1. The highest BCUT2D eigenvalue weighted by atomic mass is 35.7. The first kappa shape index (κ1) is 17.0. The third-order valence-electron chi connectivity index (χ3n) is 2.29. The molecule has 5 nitrogen and oxygen atoms in total. The average molecular weight is 320 g/mol. The van der Waals surface area contributed by atoms with Crippen molar-refractivity contribution in [2.45, 2.75) is 32.7 Å². The normalized spacial score (nSPS) is 15.2. The lowest BCUT2D eigenvalue weighted by Crippen LogP contribution is -2.29. The lowest BCUT2D eigenvalue weighted by molar-refractivity contribution is -0.144. The molecule has 1 aromatic carbocycles. The molecule has 0 saturated carbocycles. The van der Waals surface area contributed by atoms with Gasteiger partial charge in [-0.25, -0.2) is 9.65 Å². The molecule has 0 fully saturated rings. The minimum atomic E-state index is -3.51. The summed E-state index contributed by atoms with van der Waals surface area (Å²) in [7, 11) is 0. The van der Waals surface area contributed by atoms with E-state index in [0.717, 1.165) is 6.42 Å². The predicted octanol–water partition coefficient (Wildman–Crippen LogP) is 3.73. The Hall–Kier alpha value is -1.03. The summed E-state index contributed by atoms with van der Waals surface area (Å²) >= 11 is 5.82. The van der Waals surface area contributed by atoms with Crippen LogP contribution in [0.4, 0.5) is 0 Å². The quantitative estimate of drug-likeness (QED) is 0.584. The summed E-state index contributed by atoms with van der Waals surface area (Å²) in [6.07, 6.45) is 1.09. The predicted molar refractivity (Wildman–Crippen MR) is 79.0 cm³/mol. The highest BCUT2D eigenvalue weighted by Gasteiger charge is 2.24. The van der Waals surface area contributed by atoms with Crippen molar-refractivity contribution in [2.24, 2.45) is 0 Å². The van der Waals surface area contributed by atoms with Crippen LogP contribution in [0.1, 0.15) is 26.7 Å². The molecule has 112 valence electrons. The molecule has 7 heteroatoms. The first-order valence-corrected chi connectivity index (χ1v) is 8.93. The van der Waals surface area contributed by atoms with Crippen LogP contribution < -0.4 is 9.61 Å². The van der Waals surface area contributed by atoms with Gasteiger partial charge in [0.15, 0.2) is 0 Å². The minimum absolute atomic E-state index is 0.0910. The molecule has 1 N–H and O–H groups in total. The van der Waals surface area contributed by atoms with E-state index in [-0.39, 0.29) is 18.6 Å². The van der Waals surface area contributed by atoms with Crippen LogP contribution in [-0.2, 0) is 14.1 Å². The second-order valence-electron chi connectivity index (χ2n) is 4.35. The lowest BCUT2D eigenvalue weighted by atomic mass is 10.3. The standard InChI is InChI=1S/C13H19ClNO4P/c1-3-7-13(16)18-10-11(2)15-20(14,17)19-12-8-5-4-6-9-12/h4-6,8-9,11H,3,7,10H2,1-2H3,(H,15,17)/t11-,20?/m0/s1. The van der Waals surface area contributed by atoms with Crippen molar-refractivity contribution in [3.05, 3.63) is 30.3 Å². The summed E-state index contributed by atoms with van der Waals surface area (Å²) in [6.45, 7) is 0.179. The van der Waals surface area contributed by atoms with E-state index >= 15 is 0 Å². The summed E-state index contributed by atoms with van der Waals surface area (Å²) in [4.78, 5) is 11.2. The van der Waals surface area contributed by atoms with Crippen LogP contribution in [0, 0.1) is 0 Å². The molecule has 0 spiro atoms. The van der Waals surface area contributed by atoms with Crippen LogP contribution in [0.3, 0.4) is 0 Å². The zero-order chi connectivity index (χ0) is 15.0. The molecule has 0 bridgehead atoms. The van der Waals surface area contributed by atoms with Crippen molar-refractivity contribution in [3.8, 4) is 5.75 Å². The van der Waals surface area contributed by atoms with E-state index in [9.17, 15) is 9.36 Å². The van der Waals surface area contributed by atoms with E-state index < -0.39 is 6.87 Å². The Morgan fingerprint density at radius 2 is 2.05 bits per heavy atom. The maximum Gasteiger partial charge on any atom is 0.409 e. The number of para-hydroxylation sites is 1. The van der Waals surface area contributed by atoms with Crippen molar-refractivity contribution in [1.29, 1.82) is 0 Å². The molecule has 1 rings (SSSR count). The lowest BCUT2D eigenvalue weighted by Gasteiger charge is -2.18. The molecule has 0 heterocycles. The molecule has 0 aromatic heterocycles. The number of carbonyl (C=O) groups excluding carboxylic acids is 1. The van der Waals surface area contributed by atoms with Crippen LogP contribution in [0.25, 0.3) is 0 Å². The molecule has 2 atom stereocenters. The third kappa shape index (κ3) is 6.94. The van der Waals surface area contributed by atoms with Gasteiger partial charge < -0.3 is 9.26 Å². The number of rotatable bonds is 8. The molecule has 0 saturated heterocycles. The van der Waals surface area contributed by atoms with Gasteiger partial charge in [-0.2, -0.15) is 0 Å². The fraction of sp³-hybridized carbons (Fsp3) is 0.462. The van der Waals surface area contributed by atoms with Gasteiger partial charge in [-0.1, -0.05) is 25.1 Å². The molecule has 0 aliphatic rings. The maximum atomic E-state index is 12.1. The Morgan fingerprint density at radius 3 is 2.65 bits per heavy atom. The van der Waals surface area contributed by atoms with Gasteiger partial charge >= 0.3 is 12.8 Å². The van der Waals surface area contributed by atoms with Crippen molar-refractivity contribution < 1.29 is 18.6 Å². The van der Waals surface area contributed by atoms with Crippen LogP contribution in [-0.4, -0.2) is 18.6 Å². The average Bonchev–Trinajstić information content (AvgIpc) is 2.37. The fourth-order valence-electron chi connectivity index (χ4n) is 1.44. The van der Waals surface area contributed by atoms with Crippen molar-refractivity contribution in [3.63, 3.8) is 0 Å². The monoisotopic (exact) mass is 319 g/mol. The molecule has 0 amide bonds. The molecule has 20 heavy (non-hydrogen) atoms. The van der Waals surface area contributed by atoms with Crippen molar-refractivity contribution in [1.82, 2.24) is 5.09 Å². The van der Waals surface area contributed by atoms with Crippen molar-refractivity contribution in [2.75, 3.05) is 6.61 Å². The van der Waals surface area contributed by atoms with E-state index in [0.29, 0.717) is 12.2 Å².